The highest BCUT2D eigenvalue weighted by molar-refractivity contribution is 5.94. The predicted octanol–water partition coefficient (Wildman–Crippen LogP) is 6.08. The molecule has 1 heterocycles. The van der Waals surface area contributed by atoms with E-state index in [4.69, 9.17) is 9.47 Å². The van der Waals surface area contributed by atoms with E-state index < -0.39 is 5.97 Å². The maximum Gasteiger partial charge on any atom is 0.347 e. The summed E-state index contributed by atoms with van der Waals surface area (Å²) in [6.45, 7) is 2.79. The van der Waals surface area contributed by atoms with Crippen LogP contribution < -0.4 is 9.47 Å². The Labute approximate surface area is 198 Å². The van der Waals surface area contributed by atoms with Crippen LogP contribution in [0, 0.1) is 0 Å². The Kier molecular flexibility index (Phi) is 7.75. The van der Waals surface area contributed by atoms with Crippen molar-refractivity contribution in [1.29, 1.82) is 0 Å². The van der Waals surface area contributed by atoms with Gasteiger partial charge >= 0.3 is 5.97 Å². The first kappa shape index (κ1) is 23.3. The average molecular weight is 460 g/mol. The zero-order valence-corrected chi connectivity index (χ0v) is 19.3. The fourth-order valence-electron chi connectivity index (χ4n) is 3.67. The van der Waals surface area contributed by atoms with Crippen LogP contribution in [0.2, 0.25) is 0 Å². The number of nitrogens with zero attached hydrogens (tertiary/aromatic N) is 3. The second-order valence-corrected chi connectivity index (χ2v) is 8.13. The van der Waals surface area contributed by atoms with E-state index in [9.17, 15) is 9.90 Å². The summed E-state index contributed by atoms with van der Waals surface area (Å²) in [4.78, 5) is 14.3. The molecule has 0 unspecified atom stereocenters. The Morgan fingerprint density at radius 1 is 0.882 bits per heavy atom. The van der Waals surface area contributed by atoms with E-state index in [0.29, 0.717) is 18.0 Å². The molecule has 0 aliphatic carbocycles. The molecule has 0 saturated heterocycles. The minimum absolute atomic E-state index is 0.0745. The number of aromatic hydroxyl groups is 1. The topological polar surface area (TPSA) is 86.5 Å². The van der Waals surface area contributed by atoms with E-state index in [1.807, 2.05) is 30.3 Å². The quantitative estimate of drug-likeness (QED) is 0.166. The van der Waals surface area contributed by atoms with E-state index in [1.54, 1.807) is 24.3 Å². The molecule has 176 valence electrons. The highest BCUT2D eigenvalue weighted by atomic mass is 16.5. The molecule has 7 nitrogen and oxygen atoms in total. The smallest absolute Gasteiger partial charge is 0.347 e. The van der Waals surface area contributed by atoms with Crippen LogP contribution in [-0.4, -0.2) is 32.7 Å². The van der Waals surface area contributed by atoms with Crippen molar-refractivity contribution in [3.05, 3.63) is 72.3 Å². The van der Waals surface area contributed by atoms with Crippen LogP contribution in [0.1, 0.15) is 55.8 Å². The van der Waals surface area contributed by atoms with Crippen LogP contribution in [0.4, 0.5) is 0 Å². The Bertz CT molecular complexity index is 1220. The third kappa shape index (κ3) is 5.73. The number of ether oxygens (including phenoxy) is 2. The van der Waals surface area contributed by atoms with Crippen molar-refractivity contribution in [1.82, 2.24) is 15.0 Å². The van der Waals surface area contributed by atoms with E-state index in [0.717, 1.165) is 23.9 Å². The molecule has 0 aliphatic heterocycles. The van der Waals surface area contributed by atoms with Crippen molar-refractivity contribution in [2.45, 2.75) is 45.4 Å². The zero-order valence-electron chi connectivity index (χ0n) is 19.3. The highest BCUT2D eigenvalue weighted by Gasteiger charge is 2.18. The summed E-state index contributed by atoms with van der Waals surface area (Å²) in [7, 11) is 0. The number of phenols is 1. The minimum atomic E-state index is -0.677. The fourth-order valence-corrected chi connectivity index (χ4v) is 3.67. The van der Waals surface area contributed by atoms with E-state index >= 15 is 0 Å². The standard InChI is InChI=1S/C27H29N3O4/c1-2-3-4-5-6-11-18-33-20-16-17-24(30-28-22-13-8-9-14-23(22)29-30)26(19-20)34-27(32)21-12-7-10-15-25(21)31/h7-10,12-17,19,31H,2-6,11,18H2,1H3. The fraction of sp³-hybridized carbons (Fsp3) is 0.296. The molecule has 0 fully saturated rings. The SMILES string of the molecule is CCCCCCCCOc1ccc(-n2nc3ccccc3n2)c(OC(=O)c2ccccc2O)c1. The zero-order chi connectivity index (χ0) is 23.8. The molecule has 0 bridgehead atoms. The lowest BCUT2D eigenvalue weighted by atomic mass is 10.1. The summed E-state index contributed by atoms with van der Waals surface area (Å²) in [6, 6.07) is 19.0. The second kappa shape index (κ2) is 11.3. The van der Waals surface area contributed by atoms with Gasteiger partial charge in [-0.15, -0.1) is 15.0 Å². The molecule has 0 aliphatic rings. The van der Waals surface area contributed by atoms with Gasteiger partial charge in [0.1, 0.15) is 33.8 Å². The lowest BCUT2D eigenvalue weighted by molar-refractivity contribution is 0.0730. The Hall–Kier alpha value is -3.87. The maximum atomic E-state index is 12.8. The summed E-state index contributed by atoms with van der Waals surface area (Å²) in [5.41, 5.74) is 2.02. The van der Waals surface area contributed by atoms with Gasteiger partial charge in [-0.25, -0.2) is 4.79 Å². The summed E-state index contributed by atoms with van der Waals surface area (Å²) in [5.74, 6) is 0.0136. The molecule has 7 heteroatoms. The number of carbonyl (C=O) groups excluding carboxylic acids is 1. The van der Waals surface area contributed by atoms with Crippen LogP contribution >= 0.6 is 0 Å². The van der Waals surface area contributed by atoms with Crippen molar-refractivity contribution in [2.24, 2.45) is 0 Å². The number of benzene rings is 3. The first-order valence-electron chi connectivity index (χ1n) is 11.7. The molecule has 0 atom stereocenters. The first-order valence-corrected chi connectivity index (χ1v) is 11.7. The molecule has 34 heavy (non-hydrogen) atoms. The molecule has 4 rings (SSSR count). The third-order valence-corrected chi connectivity index (χ3v) is 5.53. The van der Waals surface area contributed by atoms with Gasteiger partial charge < -0.3 is 14.6 Å². The van der Waals surface area contributed by atoms with Crippen molar-refractivity contribution >= 4 is 17.0 Å². The molecule has 0 saturated carbocycles. The van der Waals surface area contributed by atoms with Gasteiger partial charge in [0.15, 0.2) is 5.75 Å². The number of hydrogen-bond donors (Lipinski definition) is 1. The lowest BCUT2D eigenvalue weighted by Gasteiger charge is -2.13. The molecule has 1 aromatic heterocycles. The number of phenolic OH excluding ortho intramolecular Hbond substituents is 1. The normalized spacial score (nSPS) is 11.0. The van der Waals surface area contributed by atoms with Gasteiger partial charge in [0, 0.05) is 6.07 Å². The van der Waals surface area contributed by atoms with Gasteiger partial charge in [0.25, 0.3) is 0 Å². The minimum Gasteiger partial charge on any atom is -0.507 e. The highest BCUT2D eigenvalue weighted by Crippen LogP contribution is 2.30. The summed E-state index contributed by atoms with van der Waals surface area (Å²) < 4.78 is 11.6. The number of aromatic nitrogens is 3. The van der Waals surface area contributed by atoms with Gasteiger partial charge in [-0.1, -0.05) is 63.3 Å². The largest absolute Gasteiger partial charge is 0.507 e. The molecule has 1 N–H and O–H groups in total. The summed E-state index contributed by atoms with van der Waals surface area (Å²) in [6.07, 6.45) is 7.04. The van der Waals surface area contributed by atoms with Crippen LogP contribution in [-0.2, 0) is 0 Å². The monoisotopic (exact) mass is 459 g/mol. The van der Waals surface area contributed by atoms with Crippen molar-refractivity contribution in [3.63, 3.8) is 0 Å². The summed E-state index contributed by atoms with van der Waals surface area (Å²) >= 11 is 0. The molecular formula is C27H29N3O4. The van der Waals surface area contributed by atoms with E-state index in [1.165, 1.54) is 42.6 Å². The van der Waals surface area contributed by atoms with Gasteiger partial charge in [-0.2, -0.15) is 0 Å². The van der Waals surface area contributed by atoms with Crippen molar-refractivity contribution in [2.75, 3.05) is 6.61 Å². The molecule has 4 aromatic rings. The van der Waals surface area contributed by atoms with Crippen LogP contribution in [0.5, 0.6) is 17.2 Å². The van der Waals surface area contributed by atoms with E-state index in [-0.39, 0.29) is 17.1 Å². The van der Waals surface area contributed by atoms with Crippen LogP contribution in [0.25, 0.3) is 16.7 Å². The van der Waals surface area contributed by atoms with E-state index in [2.05, 4.69) is 17.1 Å². The van der Waals surface area contributed by atoms with Crippen LogP contribution in [0.3, 0.4) is 0 Å². The Balaban J connectivity index is 1.55. The first-order chi connectivity index (χ1) is 16.7. The molecular weight excluding hydrogens is 430 g/mol. The van der Waals surface area contributed by atoms with Gasteiger partial charge in [0.2, 0.25) is 0 Å². The third-order valence-electron chi connectivity index (χ3n) is 5.53. The maximum absolute atomic E-state index is 12.8. The Morgan fingerprint density at radius 3 is 2.29 bits per heavy atom. The van der Waals surface area contributed by atoms with Crippen molar-refractivity contribution in [3.8, 4) is 22.9 Å². The number of carbonyl (C=O) groups is 1. The number of fused-ring (bicyclic) bond motifs is 1. The number of esters is 1. The van der Waals surface area contributed by atoms with Crippen LogP contribution in [0.15, 0.2) is 66.7 Å². The number of hydrogen-bond acceptors (Lipinski definition) is 6. The number of unbranched alkanes of at least 4 members (excludes halogenated alkanes) is 5. The lowest BCUT2D eigenvalue weighted by Crippen LogP contribution is -2.12. The molecule has 0 spiro atoms. The molecule has 3 aromatic carbocycles. The molecule has 0 amide bonds. The van der Waals surface area contributed by atoms with Crippen molar-refractivity contribution < 1.29 is 19.4 Å². The second-order valence-electron chi connectivity index (χ2n) is 8.13. The van der Waals surface area contributed by atoms with Gasteiger partial charge in [-0.05, 0) is 42.8 Å². The van der Waals surface area contributed by atoms with Gasteiger partial charge in [-0.3, -0.25) is 0 Å². The summed E-state index contributed by atoms with van der Waals surface area (Å²) in [5, 5.41) is 19.1. The van der Waals surface area contributed by atoms with Gasteiger partial charge in [0.05, 0.1) is 6.61 Å². The number of para-hydroxylation sites is 1. The Morgan fingerprint density at radius 2 is 1.56 bits per heavy atom. The molecule has 0 radical (unpaired) electrons. The average Bonchev–Trinajstić information content (AvgIpc) is 3.28. The number of rotatable bonds is 11. The predicted molar refractivity (Wildman–Crippen MR) is 131 cm³/mol.